The number of rotatable bonds is 4. The largest absolute Gasteiger partial charge is 0.279 e. The first-order valence-corrected chi connectivity index (χ1v) is 10.7. The lowest BCUT2D eigenvalue weighted by Crippen LogP contribution is -2.30. The van der Waals surface area contributed by atoms with E-state index in [-0.39, 0.29) is 17.1 Å². The van der Waals surface area contributed by atoms with E-state index in [1.165, 1.54) is 29.0 Å². The number of benzene rings is 3. The monoisotopic (exact) mass is 418 g/mol. The maximum Gasteiger partial charge on any atom is 0.260 e. The quantitative estimate of drug-likeness (QED) is 0.375. The minimum atomic E-state index is -0.309. The SMILES string of the molecule is CC(C)(C)c1ccc(C(=O)N(Cc2ccccc2)c2nc3ccc(F)cc3s2)cc1. The van der Waals surface area contributed by atoms with Crippen LogP contribution < -0.4 is 4.90 Å². The van der Waals surface area contributed by atoms with Crippen molar-refractivity contribution >= 4 is 32.6 Å². The molecule has 4 rings (SSSR count). The highest BCUT2D eigenvalue weighted by Crippen LogP contribution is 2.31. The van der Waals surface area contributed by atoms with Crippen molar-refractivity contribution in [3.63, 3.8) is 0 Å². The third-order valence-corrected chi connectivity index (χ3v) is 6.04. The molecule has 0 unspecified atom stereocenters. The molecule has 3 aromatic carbocycles. The van der Waals surface area contributed by atoms with Crippen LogP contribution in [0.4, 0.5) is 9.52 Å². The first-order valence-electron chi connectivity index (χ1n) is 9.84. The van der Waals surface area contributed by atoms with Crippen molar-refractivity contribution < 1.29 is 9.18 Å². The Kier molecular flexibility index (Phi) is 5.39. The highest BCUT2D eigenvalue weighted by molar-refractivity contribution is 7.22. The number of carbonyl (C=O) groups is 1. The number of thiazole rings is 1. The van der Waals surface area contributed by atoms with Crippen LogP contribution in [0.1, 0.15) is 42.3 Å². The normalized spacial score (nSPS) is 11.6. The van der Waals surface area contributed by atoms with Crippen LogP contribution >= 0.6 is 11.3 Å². The van der Waals surface area contributed by atoms with Gasteiger partial charge in [-0.25, -0.2) is 9.37 Å². The van der Waals surface area contributed by atoms with Gasteiger partial charge in [0, 0.05) is 5.56 Å². The van der Waals surface area contributed by atoms with Crippen LogP contribution in [-0.4, -0.2) is 10.9 Å². The Labute approximate surface area is 179 Å². The van der Waals surface area contributed by atoms with Crippen LogP contribution in [0.25, 0.3) is 10.2 Å². The second-order valence-corrected chi connectivity index (χ2v) is 9.32. The van der Waals surface area contributed by atoms with E-state index in [4.69, 9.17) is 0 Å². The number of hydrogen-bond acceptors (Lipinski definition) is 3. The van der Waals surface area contributed by atoms with Gasteiger partial charge in [0.05, 0.1) is 16.8 Å². The lowest BCUT2D eigenvalue weighted by atomic mass is 9.86. The molecule has 0 radical (unpaired) electrons. The molecular weight excluding hydrogens is 395 g/mol. The lowest BCUT2D eigenvalue weighted by molar-refractivity contribution is 0.0985. The molecule has 0 saturated heterocycles. The van der Waals surface area contributed by atoms with Gasteiger partial charge < -0.3 is 0 Å². The van der Waals surface area contributed by atoms with Gasteiger partial charge in [-0.1, -0.05) is 74.6 Å². The summed E-state index contributed by atoms with van der Waals surface area (Å²) in [6, 6.07) is 22.0. The molecule has 0 atom stereocenters. The van der Waals surface area contributed by atoms with E-state index in [1.54, 1.807) is 11.0 Å². The Hall–Kier alpha value is -3.05. The van der Waals surface area contributed by atoms with Crippen LogP contribution in [0.3, 0.4) is 0 Å². The fourth-order valence-electron chi connectivity index (χ4n) is 3.26. The highest BCUT2D eigenvalue weighted by atomic mass is 32.1. The third-order valence-electron chi connectivity index (χ3n) is 5.00. The number of halogens is 1. The summed E-state index contributed by atoms with van der Waals surface area (Å²) in [5.74, 6) is -0.435. The van der Waals surface area contributed by atoms with E-state index >= 15 is 0 Å². The van der Waals surface area contributed by atoms with Gasteiger partial charge in [0.2, 0.25) is 0 Å². The fourth-order valence-corrected chi connectivity index (χ4v) is 4.25. The minimum absolute atomic E-state index is 0.0163. The van der Waals surface area contributed by atoms with Gasteiger partial charge in [0.15, 0.2) is 5.13 Å². The molecule has 1 heterocycles. The minimum Gasteiger partial charge on any atom is -0.279 e. The summed E-state index contributed by atoms with van der Waals surface area (Å²) < 4.78 is 14.4. The Morgan fingerprint density at radius 3 is 2.37 bits per heavy atom. The molecule has 0 aliphatic heterocycles. The lowest BCUT2D eigenvalue weighted by Gasteiger charge is -2.22. The molecule has 0 N–H and O–H groups in total. The number of nitrogens with zero attached hydrogens (tertiary/aromatic N) is 2. The number of fused-ring (bicyclic) bond motifs is 1. The van der Waals surface area contributed by atoms with E-state index in [0.717, 1.165) is 10.3 Å². The first kappa shape index (κ1) is 20.2. The Morgan fingerprint density at radius 1 is 1.00 bits per heavy atom. The summed E-state index contributed by atoms with van der Waals surface area (Å²) in [6.07, 6.45) is 0. The van der Waals surface area contributed by atoms with Crippen LogP contribution in [0, 0.1) is 5.82 Å². The van der Waals surface area contributed by atoms with Gasteiger partial charge in [-0.3, -0.25) is 9.69 Å². The summed E-state index contributed by atoms with van der Waals surface area (Å²) in [5, 5.41) is 0.560. The van der Waals surface area contributed by atoms with Crippen molar-refractivity contribution in [2.75, 3.05) is 4.90 Å². The number of carbonyl (C=O) groups excluding carboxylic acids is 1. The van der Waals surface area contributed by atoms with Crippen molar-refractivity contribution in [2.45, 2.75) is 32.7 Å². The smallest absolute Gasteiger partial charge is 0.260 e. The molecule has 0 saturated carbocycles. The molecular formula is C25H23FN2OS. The molecule has 1 aromatic heterocycles. The van der Waals surface area contributed by atoms with E-state index in [9.17, 15) is 9.18 Å². The van der Waals surface area contributed by atoms with Crippen molar-refractivity contribution in [2.24, 2.45) is 0 Å². The standard InChI is InChI=1S/C25H23FN2OS/c1-25(2,3)19-11-9-18(10-12-19)23(29)28(16-17-7-5-4-6-8-17)24-27-21-14-13-20(26)15-22(21)30-24/h4-15H,16H2,1-3H3. The van der Waals surface area contributed by atoms with Crippen molar-refractivity contribution in [3.05, 3.63) is 95.3 Å². The molecule has 0 bridgehead atoms. The summed E-state index contributed by atoms with van der Waals surface area (Å²) >= 11 is 1.32. The average Bonchev–Trinajstić information content (AvgIpc) is 3.14. The zero-order valence-electron chi connectivity index (χ0n) is 17.2. The van der Waals surface area contributed by atoms with Crippen LogP contribution in [0.2, 0.25) is 0 Å². The van der Waals surface area contributed by atoms with E-state index in [1.807, 2.05) is 54.6 Å². The molecule has 0 spiro atoms. The number of aromatic nitrogens is 1. The van der Waals surface area contributed by atoms with Crippen molar-refractivity contribution in [1.29, 1.82) is 0 Å². The van der Waals surface area contributed by atoms with Gasteiger partial charge in [-0.05, 0) is 46.9 Å². The van der Waals surface area contributed by atoms with Crippen molar-refractivity contribution in [1.82, 2.24) is 4.98 Å². The second-order valence-electron chi connectivity index (χ2n) is 8.31. The predicted molar refractivity (Wildman–Crippen MR) is 122 cm³/mol. The maximum absolute atomic E-state index is 13.6. The Balaban J connectivity index is 1.73. The molecule has 152 valence electrons. The van der Waals surface area contributed by atoms with Crippen LogP contribution in [0.5, 0.6) is 0 Å². The summed E-state index contributed by atoms with van der Waals surface area (Å²) in [6.45, 7) is 6.83. The van der Waals surface area contributed by atoms with Crippen LogP contribution in [0.15, 0.2) is 72.8 Å². The topological polar surface area (TPSA) is 33.2 Å². The van der Waals surface area contributed by atoms with E-state index < -0.39 is 0 Å². The summed E-state index contributed by atoms with van der Waals surface area (Å²) in [7, 11) is 0. The zero-order valence-corrected chi connectivity index (χ0v) is 18.0. The molecule has 5 heteroatoms. The molecule has 0 aliphatic carbocycles. The third kappa shape index (κ3) is 4.26. The highest BCUT2D eigenvalue weighted by Gasteiger charge is 2.23. The Bertz CT molecular complexity index is 1180. The molecule has 1 amide bonds. The maximum atomic E-state index is 13.6. The molecule has 0 aliphatic rings. The number of hydrogen-bond donors (Lipinski definition) is 0. The number of amides is 1. The van der Waals surface area contributed by atoms with Gasteiger partial charge in [0.1, 0.15) is 5.82 Å². The van der Waals surface area contributed by atoms with Crippen molar-refractivity contribution in [3.8, 4) is 0 Å². The van der Waals surface area contributed by atoms with Gasteiger partial charge >= 0.3 is 0 Å². The predicted octanol–water partition coefficient (Wildman–Crippen LogP) is 6.58. The van der Waals surface area contributed by atoms with Gasteiger partial charge in [-0.15, -0.1) is 0 Å². The molecule has 4 aromatic rings. The fraction of sp³-hybridized carbons (Fsp3) is 0.200. The number of anilines is 1. The Morgan fingerprint density at radius 2 is 1.70 bits per heavy atom. The zero-order chi connectivity index (χ0) is 21.3. The second kappa shape index (κ2) is 8.00. The van der Waals surface area contributed by atoms with E-state index in [2.05, 4.69) is 25.8 Å². The summed E-state index contributed by atoms with van der Waals surface area (Å²) in [5.41, 5.74) is 3.48. The molecule has 0 fully saturated rings. The first-order chi connectivity index (χ1) is 14.3. The van der Waals surface area contributed by atoms with Crippen LogP contribution in [-0.2, 0) is 12.0 Å². The molecule has 3 nitrogen and oxygen atoms in total. The molecule has 30 heavy (non-hydrogen) atoms. The average molecular weight is 419 g/mol. The summed E-state index contributed by atoms with van der Waals surface area (Å²) in [4.78, 5) is 19.8. The van der Waals surface area contributed by atoms with Gasteiger partial charge in [-0.2, -0.15) is 0 Å². The van der Waals surface area contributed by atoms with E-state index in [0.29, 0.717) is 22.8 Å². The van der Waals surface area contributed by atoms with Gasteiger partial charge in [0.25, 0.3) is 5.91 Å².